The smallest absolute Gasteiger partial charge is 0.108 e. The summed E-state index contributed by atoms with van der Waals surface area (Å²) in [6.45, 7) is 1.40. The van der Waals surface area contributed by atoms with Crippen molar-refractivity contribution in [2.75, 3.05) is 12.4 Å². The predicted molar refractivity (Wildman–Crippen MR) is 108 cm³/mol. The van der Waals surface area contributed by atoms with Gasteiger partial charge >= 0.3 is 0 Å². The fourth-order valence-corrected chi connectivity index (χ4v) is 4.43. The lowest BCUT2D eigenvalue weighted by Crippen LogP contribution is -2.43. The maximum atomic E-state index is 5.19. The molecule has 1 aliphatic carbocycles. The van der Waals surface area contributed by atoms with E-state index < -0.39 is 0 Å². The fraction of sp³-hybridized carbons (Fsp3) is 0.435. The minimum atomic E-state index is 0.211. The molecule has 1 heterocycles. The number of aliphatic imine (C=N–C) groups is 1. The Morgan fingerprint density at radius 1 is 0.962 bits per heavy atom. The molecule has 2 aromatic carbocycles. The van der Waals surface area contributed by atoms with Crippen LogP contribution in [-0.2, 0) is 24.3 Å². The van der Waals surface area contributed by atoms with Crippen LogP contribution in [0.5, 0.6) is 0 Å². The zero-order valence-corrected chi connectivity index (χ0v) is 15.6. The monoisotopic (exact) mass is 348 g/mol. The molecule has 1 aliphatic heterocycles. The first-order valence-electron chi connectivity index (χ1n) is 9.76. The maximum absolute atomic E-state index is 5.19. The molecule has 2 aromatic rings. The largest absolute Gasteiger partial charge is 0.380 e. The molecule has 4 rings (SSSR count). The third-order valence-electron chi connectivity index (χ3n) is 5.87. The Labute approximate surface area is 156 Å². The van der Waals surface area contributed by atoms with Gasteiger partial charge in [0.15, 0.2) is 0 Å². The molecule has 0 saturated heterocycles. The first kappa shape index (κ1) is 17.3. The van der Waals surface area contributed by atoms with Gasteiger partial charge < -0.3 is 10.1 Å². The molecule has 0 bridgehead atoms. The van der Waals surface area contributed by atoms with E-state index in [-0.39, 0.29) is 5.41 Å². The molecule has 0 unspecified atom stereocenters. The summed E-state index contributed by atoms with van der Waals surface area (Å²) in [5.41, 5.74) is 5.35. The number of methoxy groups -OCH3 is 1. The van der Waals surface area contributed by atoms with E-state index in [1.165, 1.54) is 60.3 Å². The number of hydrogen-bond donors (Lipinski definition) is 1. The molecule has 1 N–H and O–H groups in total. The Morgan fingerprint density at radius 2 is 1.69 bits per heavy atom. The van der Waals surface area contributed by atoms with Gasteiger partial charge in [0, 0.05) is 18.2 Å². The molecule has 1 saturated carbocycles. The van der Waals surface area contributed by atoms with E-state index in [1.807, 2.05) is 0 Å². The molecule has 0 radical (unpaired) electrons. The van der Waals surface area contributed by atoms with Crippen LogP contribution >= 0.6 is 0 Å². The number of para-hydroxylation sites is 1. The highest BCUT2D eigenvalue weighted by molar-refractivity contribution is 6.02. The summed E-state index contributed by atoms with van der Waals surface area (Å²) in [5, 5.41) is 3.69. The molecule has 136 valence electrons. The van der Waals surface area contributed by atoms with Crippen molar-refractivity contribution in [3.05, 3.63) is 65.2 Å². The van der Waals surface area contributed by atoms with E-state index in [0.717, 1.165) is 13.0 Å². The molecule has 26 heavy (non-hydrogen) atoms. The second kappa shape index (κ2) is 7.63. The normalized spacial score (nSPS) is 20.0. The number of amidine groups is 1. The molecule has 0 aromatic heterocycles. The van der Waals surface area contributed by atoms with Gasteiger partial charge in [0.2, 0.25) is 0 Å². The minimum Gasteiger partial charge on any atom is -0.380 e. The standard InChI is InChI=1S/C23H28N2O/c1-26-17-19-11-9-18(10-12-19)16-24-22-23(13-5-2-6-14-23)15-20-7-3-4-8-21(20)25-22/h3-4,7-12H,2,5-6,13-17H2,1H3,(H,24,25). The van der Waals surface area contributed by atoms with Crippen molar-refractivity contribution < 1.29 is 4.74 Å². The van der Waals surface area contributed by atoms with Crippen LogP contribution in [0.25, 0.3) is 0 Å². The lowest BCUT2D eigenvalue weighted by molar-refractivity contribution is 0.185. The fourth-order valence-electron chi connectivity index (χ4n) is 4.43. The van der Waals surface area contributed by atoms with E-state index in [0.29, 0.717) is 6.61 Å². The number of fused-ring (bicyclic) bond motifs is 1. The van der Waals surface area contributed by atoms with Crippen LogP contribution in [0.2, 0.25) is 0 Å². The first-order chi connectivity index (χ1) is 12.8. The van der Waals surface area contributed by atoms with Crippen molar-refractivity contribution in [2.45, 2.75) is 51.7 Å². The van der Waals surface area contributed by atoms with E-state index in [2.05, 4.69) is 53.8 Å². The molecule has 2 aliphatic rings. The lowest BCUT2D eigenvalue weighted by Gasteiger charge is -2.42. The summed E-state index contributed by atoms with van der Waals surface area (Å²) >= 11 is 0. The molecular weight excluding hydrogens is 320 g/mol. The van der Waals surface area contributed by atoms with Crippen molar-refractivity contribution in [2.24, 2.45) is 10.4 Å². The quantitative estimate of drug-likeness (QED) is 0.808. The van der Waals surface area contributed by atoms with Crippen molar-refractivity contribution >= 4 is 11.5 Å². The van der Waals surface area contributed by atoms with E-state index in [9.17, 15) is 0 Å². The van der Waals surface area contributed by atoms with Gasteiger partial charge in [-0.3, -0.25) is 4.99 Å². The molecule has 3 nitrogen and oxygen atoms in total. The zero-order valence-electron chi connectivity index (χ0n) is 15.6. The van der Waals surface area contributed by atoms with Crippen LogP contribution in [-0.4, -0.2) is 12.9 Å². The van der Waals surface area contributed by atoms with Crippen molar-refractivity contribution in [3.63, 3.8) is 0 Å². The Balaban J connectivity index is 1.58. The summed E-state index contributed by atoms with van der Waals surface area (Å²) in [4.78, 5) is 5.08. The summed E-state index contributed by atoms with van der Waals surface area (Å²) in [6.07, 6.45) is 7.61. The molecule has 3 heteroatoms. The highest BCUT2D eigenvalue weighted by Crippen LogP contribution is 2.45. The van der Waals surface area contributed by atoms with Gasteiger partial charge in [-0.1, -0.05) is 61.7 Å². The second-order valence-electron chi connectivity index (χ2n) is 7.71. The molecule has 1 spiro atoms. The number of anilines is 1. The number of benzene rings is 2. The summed E-state index contributed by atoms with van der Waals surface area (Å²) < 4.78 is 5.19. The van der Waals surface area contributed by atoms with Gasteiger partial charge in [0.25, 0.3) is 0 Å². The maximum Gasteiger partial charge on any atom is 0.108 e. The molecular formula is C23H28N2O. The van der Waals surface area contributed by atoms with Crippen LogP contribution in [0, 0.1) is 5.41 Å². The number of rotatable bonds is 4. The SMILES string of the molecule is COCc1ccc(CN=C2Nc3ccccc3CC23CCCCC3)cc1. The van der Waals surface area contributed by atoms with Gasteiger partial charge in [-0.15, -0.1) is 0 Å². The lowest BCUT2D eigenvalue weighted by atomic mass is 9.67. The number of hydrogen-bond acceptors (Lipinski definition) is 2. The summed E-state index contributed by atoms with van der Waals surface area (Å²) in [5.74, 6) is 1.21. The average Bonchev–Trinajstić information content (AvgIpc) is 2.68. The Morgan fingerprint density at radius 3 is 2.46 bits per heavy atom. The Hall–Kier alpha value is -2.13. The van der Waals surface area contributed by atoms with Gasteiger partial charge in [0.05, 0.1) is 13.2 Å². The van der Waals surface area contributed by atoms with Crippen LogP contribution in [0.1, 0.15) is 48.8 Å². The van der Waals surface area contributed by atoms with Gasteiger partial charge in [0.1, 0.15) is 5.84 Å². The van der Waals surface area contributed by atoms with Crippen molar-refractivity contribution in [1.29, 1.82) is 0 Å². The van der Waals surface area contributed by atoms with Crippen molar-refractivity contribution in [3.8, 4) is 0 Å². The van der Waals surface area contributed by atoms with E-state index in [1.54, 1.807) is 7.11 Å². The Kier molecular flexibility index (Phi) is 5.07. The second-order valence-corrected chi connectivity index (χ2v) is 7.71. The van der Waals surface area contributed by atoms with Crippen LogP contribution in [0.15, 0.2) is 53.5 Å². The van der Waals surface area contributed by atoms with Crippen molar-refractivity contribution in [1.82, 2.24) is 0 Å². The Bertz CT molecular complexity index is 773. The minimum absolute atomic E-state index is 0.211. The van der Waals surface area contributed by atoms with Gasteiger partial charge in [-0.25, -0.2) is 0 Å². The van der Waals surface area contributed by atoms with Crippen LogP contribution in [0.4, 0.5) is 5.69 Å². The summed E-state index contributed by atoms with van der Waals surface area (Å²) in [7, 11) is 1.73. The first-order valence-corrected chi connectivity index (χ1v) is 9.76. The number of ether oxygens (including phenoxy) is 1. The zero-order chi connectivity index (χ0) is 17.8. The highest BCUT2D eigenvalue weighted by atomic mass is 16.5. The highest BCUT2D eigenvalue weighted by Gasteiger charge is 2.40. The predicted octanol–water partition coefficient (Wildman–Crippen LogP) is 5.35. The third kappa shape index (κ3) is 3.54. The topological polar surface area (TPSA) is 33.6 Å². The number of nitrogens with zero attached hydrogens (tertiary/aromatic N) is 1. The number of nitrogens with one attached hydrogen (secondary N) is 1. The molecule has 1 fully saturated rings. The average molecular weight is 348 g/mol. The molecule has 0 atom stereocenters. The van der Waals surface area contributed by atoms with Crippen LogP contribution in [0.3, 0.4) is 0 Å². The van der Waals surface area contributed by atoms with E-state index in [4.69, 9.17) is 9.73 Å². The molecule has 0 amide bonds. The third-order valence-corrected chi connectivity index (χ3v) is 5.87. The van der Waals surface area contributed by atoms with Gasteiger partial charge in [-0.2, -0.15) is 0 Å². The van der Waals surface area contributed by atoms with E-state index >= 15 is 0 Å². The van der Waals surface area contributed by atoms with Crippen LogP contribution < -0.4 is 5.32 Å². The van der Waals surface area contributed by atoms with Gasteiger partial charge in [-0.05, 0) is 42.0 Å². The summed E-state index contributed by atoms with van der Waals surface area (Å²) in [6, 6.07) is 17.3.